The van der Waals surface area contributed by atoms with Gasteiger partial charge in [-0.25, -0.2) is 0 Å². The minimum Gasteiger partial charge on any atom is -0.299 e. The molecule has 0 saturated heterocycles. The number of halogens is 1. The molecule has 1 fully saturated rings. The van der Waals surface area contributed by atoms with Gasteiger partial charge in [0.25, 0.3) is 0 Å². The van der Waals surface area contributed by atoms with Crippen LogP contribution in [0.4, 0.5) is 0 Å². The van der Waals surface area contributed by atoms with Crippen molar-refractivity contribution in [3.63, 3.8) is 0 Å². The number of hydrogen-bond acceptors (Lipinski definition) is 1. The normalized spacial score (nSPS) is 28.7. The summed E-state index contributed by atoms with van der Waals surface area (Å²) in [7, 11) is 0. The summed E-state index contributed by atoms with van der Waals surface area (Å²) in [6, 6.07) is 6.44. The second-order valence-corrected chi connectivity index (χ2v) is 5.61. The van der Waals surface area contributed by atoms with Gasteiger partial charge in [-0.15, -0.1) is 0 Å². The first kappa shape index (κ1) is 9.59. The van der Waals surface area contributed by atoms with Crippen LogP contribution >= 0.6 is 15.9 Å². The lowest BCUT2D eigenvalue weighted by atomic mass is 9.94. The van der Waals surface area contributed by atoms with E-state index in [2.05, 4.69) is 34.1 Å². The van der Waals surface area contributed by atoms with Gasteiger partial charge in [-0.1, -0.05) is 22.0 Å². The molecule has 2 aliphatic rings. The van der Waals surface area contributed by atoms with Crippen LogP contribution in [0.15, 0.2) is 22.7 Å². The third kappa shape index (κ3) is 1.55. The maximum atomic E-state index is 11.9. The smallest absolute Gasteiger partial charge is 0.139 e. The molecule has 2 heteroatoms. The summed E-state index contributed by atoms with van der Waals surface area (Å²) in [6.07, 6.45) is 4.15. The Hall–Kier alpha value is -0.630. The second kappa shape index (κ2) is 3.44. The SMILES string of the molecule is O=C1C2CCC1Cc1cc(Br)ccc1C2. The average Bonchev–Trinajstić information content (AvgIpc) is 2.44. The Morgan fingerprint density at radius 1 is 1.07 bits per heavy atom. The Bertz CT molecular complexity index is 425. The molecular formula is C13H13BrO. The van der Waals surface area contributed by atoms with Crippen LogP contribution in [0.3, 0.4) is 0 Å². The number of carbonyl (C=O) groups excluding carboxylic acids is 1. The standard InChI is InChI=1S/C13H13BrO/c14-12-4-3-8-5-9-1-2-10(13(9)15)6-11(8)7-12/h3-4,7,9-10H,1-2,5-6H2. The molecule has 0 heterocycles. The molecule has 78 valence electrons. The highest BCUT2D eigenvalue weighted by Crippen LogP contribution is 2.37. The highest BCUT2D eigenvalue weighted by Gasteiger charge is 2.37. The van der Waals surface area contributed by atoms with E-state index in [1.165, 1.54) is 11.1 Å². The number of carbonyl (C=O) groups is 1. The van der Waals surface area contributed by atoms with Gasteiger partial charge in [-0.05, 0) is 48.9 Å². The first-order chi connectivity index (χ1) is 7.24. The molecule has 0 radical (unpaired) electrons. The molecule has 0 N–H and O–H groups in total. The van der Waals surface area contributed by atoms with Gasteiger partial charge < -0.3 is 0 Å². The molecule has 1 saturated carbocycles. The van der Waals surface area contributed by atoms with Gasteiger partial charge in [0.2, 0.25) is 0 Å². The van der Waals surface area contributed by atoms with Gasteiger partial charge in [-0.2, -0.15) is 0 Å². The Labute approximate surface area is 98.0 Å². The molecule has 2 aliphatic carbocycles. The fraction of sp³-hybridized carbons (Fsp3) is 0.462. The zero-order chi connectivity index (χ0) is 10.4. The van der Waals surface area contributed by atoms with E-state index in [0.29, 0.717) is 17.6 Å². The third-order valence-electron chi connectivity index (χ3n) is 3.77. The zero-order valence-electron chi connectivity index (χ0n) is 8.50. The Morgan fingerprint density at radius 3 is 2.47 bits per heavy atom. The van der Waals surface area contributed by atoms with E-state index in [0.717, 1.165) is 30.2 Å². The Kier molecular flexibility index (Phi) is 2.20. The van der Waals surface area contributed by atoms with E-state index < -0.39 is 0 Å². The van der Waals surface area contributed by atoms with Crippen molar-refractivity contribution in [3.8, 4) is 0 Å². The number of Topliss-reactive ketones (excluding diaryl/α,β-unsaturated/α-hetero) is 1. The average molecular weight is 265 g/mol. The van der Waals surface area contributed by atoms with Crippen molar-refractivity contribution in [2.75, 3.05) is 0 Å². The minimum absolute atomic E-state index is 0.311. The first-order valence-electron chi connectivity index (χ1n) is 5.55. The van der Waals surface area contributed by atoms with E-state index in [9.17, 15) is 4.79 Å². The molecule has 0 aliphatic heterocycles. The van der Waals surface area contributed by atoms with Gasteiger partial charge in [0, 0.05) is 16.3 Å². The topological polar surface area (TPSA) is 17.1 Å². The molecule has 0 spiro atoms. The monoisotopic (exact) mass is 264 g/mol. The zero-order valence-corrected chi connectivity index (χ0v) is 10.1. The van der Waals surface area contributed by atoms with Crippen molar-refractivity contribution >= 4 is 21.7 Å². The molecular weight excluding hydrogens is 252 g/mol. The van der Waals surface area contributed by atoms with Crippen LogP contribution in [0.5, 0.6) is 0 Å². The van der Waals surface area contributed by atoms with E-state index in [1.54, 1.807) is 0 Å². The molecule has 1 nitrogen and oxygen atoms in total. The molecule has 15 heavy (non-hydrogen) atoms. The predicted molar refractivity (Wildman–Crippen MR) is 62.8 cm³/mol. The quantitative estimate of drug-likeness (QED) is 0.704. The van der Waals surface area contributed by atoms with E-state index in [-0.39, 0.29) is 0 Å². The Balaban J connectivity index is 2.06. The fourth-order valence-electron chi connectivity index (χ4n) is 2.94. The molecule has 2 atom stereocenters. The van der Waals surface area contributed by atoms with Crippen molar-refractivity contribution in [1.82, 2.24) is 0 Å². The summed E-state index contributed by atoms with van der Waals surface area (Å²) in [5, 5.41) is 0. The lowest BCUT2D eigenvalue weighted by Gasteiger charge is -2.12. The highest BCUT2D eigenvalue weighted by atomic mass is 79.9. The van der Waals surface area contributed by atoms with Gasteiger partial charge in [0.1, 0.15) is 5.78 Å². The maximum Gasteiger partial charge on any atom is 0.139 e. The molecule has 1 aromatic carbocycles. The predicted octanol–water partition coefficient (Wildman–Crippen LogP) is 3.14. The largest absolute Gasteiger partial charge is 0.299 e. The van der Waals surface area contributed by atoms with Crippen LogP contribution in [-0.4, -0.2) is 5.78 Å². The summed E-state index contributed by atoms with van der Waals surface area (Å²) in [5.74, 6) is 1.14. The van der Waals surface area contributed by atoms with Crippen molar-refractivity contribution in [1.29, 1.82) is 0 Å². The lowest BCUT2D eigenvalue weighted by molar-refractivity contribution is -0.123. The highest BCUT2D eigenvalue weighted by molar-refractivity contribution is 9.10. The van der Waals surface area contributed by atoms with Crippen molar-refractivity contribution in [3.05, 3.63) is 33.8 Å². The number of fused-ring (bicyclic) bond motifs is 3. The van der Waals surface area contributed by atoms with Gasteiger partial charge in [0.05, 0.1) is 0 Å². The van der Waals surface area contributed by atoms with E-state index in [1.807, 2.05) is 0 Å². The van der Waals surface area contributed by atoms with Crippen molar-refractivity contribution in [2.45, 2.75) is 25.7 Å². The van der Waals surface area contributed by atoms with Crippen LogP contribution in [0.1, 0.15) is 24.0 Å². The Morgan fingerprint density at radius 2 is 1.73 bits per heavy atom. The summed E-state index contributed by atoms with van der Waals surface area (Å²) in [5.41, 5.74) is 2.77. The number of ketones is 1. The molecule has 0 aromatic heterocycles. The van der Waals surface area contributed by atoms with Gasteiger partial charge >= 0.3 is 0 Å². The molecule has 0 amide bonds. The fourth-order valence-corrected chi connectivity index (χ4v) is 3.35. The summed E-state index contributed by atoms with van der Waals surface area (Å²) in [6.45, 7) is 0. The van der Waals surface area contributed by atoms with Gasteiger partial charge in [0.15, 0.2) is 0 Å². The summed E-state index contributed by atoms with van der Waals surface area (Å²) < 4.78 is 1.13. The van der Waals surface area contributed by atoms with Gasteiger partial charge in [-0.3, -0.25) is 4.79 Å². The second-order valence-electron chi connectivity index (χ2n) is 4.69. The van der Waals surface area contributed by atoms with Crippen molar-refractivity contribution in [2.24, 2.45) is 11.8 Å². The molecule has 2 bridgehead atoms. The van der Waals surface area contributed by atoms with Crippen LogP contribution in [0.2, 0.25) is 0 Å². The van der Waals surface area contributed by atoms with E-state index >= 15 is 0 Å². The number of rotatable bonds is 0. The molecule has 3 rings (SSSR count). The summed E-state index contributed by atoms with van der Waals surface area (Å²) in [4.78, 5) is 11.9. The van der Waals surface area contributed by atoms with E-state index in [4.69, 9.17) is 0 Å². The van der Waals surface area contributed by atoms with Crippen LogP contribution < -0.4 is 0 Å². The van der Waals surface area contributed by atoms with Crippen molar-refractivity contribution < 1.29 is 4.79 Å². The third-order valence-corrected chi connectivity index (χ3v) is 4.26. The molecule has 1 aromatic rings. The number of benzene rings is 1. The molecule has 2 unspecified atom stereocenters. The minimum atomic E-state index is 0.311. The summed E-state index contributed by atoms with van der Waals surface area (Å²) >= 11 is 3.50. The van der Waals surface area contributed by atoms with Crippen LogP contribution in [0.25, 0.3) is 0 Å². The first-order valence-corrected chi connectivity index (χ1v) is 6.34. The lowest BCUT2D eigenvalue weighted by Crippen LogP contribution is -2.13. The maximum absolute atomic E-state index is 11.9. The van der Waals surface area contributed by atoms with Crippen LogP contribution in [0, 0.1) is 11.8 Å². The number of hydrogen-bond donors (Lipinski definition) is 0. The van der Waals surface area contributed by atoms with Crippen LogP contribution in [-0.2, 0) is 17.6 Å².